The van der Waals surface area contributed by atoms with Crippen LogP contribution in [0.2, 0.25) is 0 Å². The summed E-state index contributed by atoms with van der Waals surface area (Å²) in [5.74, 6) is -0.164. The van der Waals surface area contributed by atoms with Crippen LogP contribution < -0.4 is 5.32 Å². The van der Waals surface area contributed by atoms with E-state index in [0.717, 1.165) is 23.4 Å². The number of carbonyl (C=O) groups excluding carboxylic acids is 2. The van der Waals surface area contributed by atoms with E-state index in [-0.39, 0.29) is 25.4 Å². The van der Waals surface area contributed by atoms with Crippen molar-refractivity contribution in [2.45, 2.75) is 19.3 Å². The molecule has 8 nitrogen and oxygen atoms in total. The number of nitrogens with zero attached hydrogens (tertiary/aromatic N) is 3. The standard InChI is InChI=1S/C25H30N4O4S/c1-3-20(18-26-23-14-17-29(34(2,32)33)19-24(30)27-23)11-12-25(31)28-15-7-10-22(13-16-28)21-8-5-4-6-9-21/h3-6,8-12,18H,1,7,13-17,19H2,2H3,(H,26,27,30)/b12-11+,20-18+. The van der Waals surface area contributed by atoms with Crippen LogP contribution in [0.3, 0.4) is 0 Å². The highest BCUT2D eigenvalue weighted by Gasteiger charge is 2.24. The van der Waals surface area contributed by atoms with Crippen LogP contribution >= 0.6 is 0 Å². The van der Waals surface area contributed by atoms with Crippen molar-refractivity contribution in [2.75, 3.05) is 32.4 Å². The van der Waals surface area contributed by atoms with Gasteiger partial charge in [-0.05, 0) is 35.6 Å². The molecule has 0 unspecified atom stereocenters. The summed E-state index contributed by atoms with van der Waals surface area (Å²) in [7, 11) is -3.46. The topological polar surface area (TPSA) is 99.2 Å². The number of amidine groups is 1. The van der Waals surface area contributed by atoms with Gasteiger partial charge in [-0.15, -0.1) is 0 Å². The first-order valence-electron chi connectivity index (χ1n) is 11.1. The maximum atomic E-state index is 12.7. The summed E-state index contributed by atoms with van der Waals surface area (Å²) in [5, 5.41) is 2.62. The summed E-state index contributed by atoms with van der Waals surface area (Å²) in [4.78, 5) is 30.8. The second-order valence-electron chi connectivity index (χ2n) is 8.10. The normalized spacial score (nSPS) is 20.0. The van der Waals surface area contributed by atoms with E-state index in [2.05, 4.69) is 35.1 Å². The number of benzene rings is 1. The van der Waals surface area contributed by atoms with Gasteiger partial charge in [0.05, 0.1) is 12.8 Å². The lowest BCUT2D eigenvalue weighted by Gasteiger charge is -2.18. The number of amides is 2. The van der Waals surface area contributed by atoms with Crippen LogP contribution in [0.15, 0.2) is 78.0 Å². The van der Waals surface area contributed by atoms with Crippen LogP contribution in [-0.2, 0) is 19.6 Å². The maximum absolute atomic E-state index is 12.7. The average molecular weight is 483 g/mol. The number of sulfonamides is 1. The molecule has 1 N–H and O–H groups in total. The summed E-state index contributed by atoms with van der Waals surface area (Å²) in [6.45, 7) is 4.97. The third kappa shape index (κ3) is 7.36. The Morgan fingerprint density at radius 1 is 1.12 bits per heavy atom. The van der Waals surface area contributed by atoms with Gasteiger partial charge in [-0.3, -0.25) is 9.59 Å². The van der Waals surface area contributed by atoms with Crippen molar-refractivity contribution in [3.63, 3.8) is 0 Å². The van der Waals surface area contributed by atoms with Crippen LogP contribution in [0.25, 0.3) is 5.57 Å². The molecule has 0 saturated carbocycles. The molecule has 0 aliphatic carbocycles. The van der Waals surface area contributed by atoms with Crippen LogP contribution in [-0.4, -0.2) is 67.7 Å². The van der Waals surface area contributed by atoms with E-state index in [1.165, 1.54) is 23.4 Å². The molecule has 0 atom stereocenters. The Labute approximate surface area is 201 Å². The summed E-state index contributed by atoms with van der Waals surface area (Å²) < 4.78 is 24.6. The van der Waals surface area contributed by atoms with Gasteiger partial charge in [0.15, 0.2) is 0 Å². The van der Waals surface area contributed by atoms with Crippen molar-refractivity contribution in [3.8, 4) is 0 Å². The van der Waals surface area contributed by atoms with Gasteiger partial charge < -0.3 is 10.2 Å². The lowest BCUT2D eigenvalue weighted by atomic mass is 10.0. The number of aliphatic imine (C=N–C) groups is 1. The van der Waals surface area contributed by atoms with E-state index in [1.807, 2.05) is 23.1 Å². The van der Waals surface area contributed by atoms with Gasteiger partial charge in [-0.1, -0.05) is 49.1 Å². The van der Waals surface area contributed by atoms with Crippen LogP contribution in [0.5, 0.6) is 0 Å². The Kier molecular flexibility index (Phi) is 8.72. The van der Waals surface area contributed by atoms with Gasteiger partial charge in [0, 0.05) is 38.3 Å². The van der Waals surface area contributed by atoms with Gasteiger partial charge in [0.1, 0.15) is 5.84 Å². The van der Waals surface area contributed by atoms with Gasteiger partial charge >= 0.3 is 0 Å². The van der Waals surface area contributed by atoms with E-state index in [4.69, 9.17) is 0 Å². The molecule has 1 aromatic rings. The quantitative estimate of drug-likeness (QED) is 0.497. The minimum Gasteiger partial charge on any atom is -0.339 e. The highest BCUT2D eigenvalue weighted by atomic mass is 32.2. The van der Waals surface area contributed by atoms with Gasteiger partial charge in [-0.2, -0.15) is 4.31 Å². The van der Waals surface area contributed by atoms with Crippen LogP contribution in [0.1, 0.15) is 24.8 Å². The molecule has 0 spiro atoms. The fraction of sp³-hybridized carbons (Fsp3) is 0.320. The number of rotatable bonds is 6. The highest BCUT2D eigenvalue weighted by molar-refractivity contribution is 7.88. The Morgan fingerprint density at radius 3 is 2.59 bits per heavy atom. The maximum Gasteiger partial charge on any atom is 0.246 e. The molecule has 9 heteroatoms. The second kappa shape index (κ2) is 11.7. The molecular formula is C25H30N4O4S. The molecule has 0 bridgehead atoms. The van der Waals surface area contributed by atoms with E-state index in [0.29, 0.717) is 24.5 Å². The molecule has 1 fully saturated rings. The number of carbonyl (C=O) groups is 2. The van der Waals surface area contributed by atoms with E-state index in [9.17, 15) is 18.0 Å². The van der Waals surface area contributed by atoms with Gasteiger partial charge in [0.25, 0.3) is 0 Å². The molecular weight excluding hydrogens is 452 g/mol. The number of allylic oxidation sites excluding steroid dienone is 3. The summed E-state index contributed by atoms with van der Waals surface area (Å²) in [6.07, 6.45) is 11.3. The molecule has 2 heterocycles. The molecule has 2 aliphatic rings. The molecule has 0 aromatic heterocycles. The summed E-state index contributed by atoms with van der Waals surface area (Å²) in [6, 6.07) is 10.2. The van der Waals surface area contributed by atoms with Crippen LogP contribution in [0, 0.1) is 0 Å². The van der Waals surface area contributed by atoms with Crippen molar-refractivity contribution in [1.29, 1.82) is 0 Å². The van der Waals surface area contributed by atoms with Crippen molar-refractivity contribution < 1.29 is 18.0 Å². The SMILES string of the molecule is C=CC(/C=C/C(=O)N1CCC=C(c2ccccc2)CC1)=C\N=C1CCN(S(C)(=O)=O)CC(=O)N1. The molecule has 180 valence electrons. The molecule has 2 aliphatic heterocycles. The average Bonchev–Trinajstić information content (AvgIpc) is 3.18. The number of nitrogens with one attached hydrogen (secondary N) is 1. The zero-order valence-corrected chi connectivity index (χ0v) is 20.1. The van der Waals surface area contributed by atoms with E-state index in [1.54, 1.807) is 12.2 Å². The Morgan fingerprint density at radius 2 is 1.88 bits per heavy atom. The minimum atomic E-state index is -3.46. The largest absolute Gasteiger partial charge is 0.339 e. The smallest absolute Gasteiger partial charge is 0.246 e. The van der Waals surface area contributed by atoms with Crippen LogP contribution in [0.4, 0.5) is 0 Å². The number of hydrogen-bond donors (Lipinski definition) is 1. The van der Waals surface area contributed by atoms with E-state index < -0.39 is 15.9 Å². The predicted octanol–water partition coefficient (Wildman–Crippen LogP) is 2.50. The highest BCUT2D eigenvalue weighted by Crippen LogP contribution is 2.22. The zero-order valence-electron chi connectivity index (χ0n) is 19.3. The van der Waals surface area contributed by atoms with Crippen molar-refractivity contribution >= 4 is 33.2 Å². The lowest BCUT2D eigenvalue weighted by Crippen LogP contribution is -2.37. The van der Waals surface area contributed by atoms with Gasteiger partial charge in [-0.25, -0.2) is 13.4 Å². The molecule has 1 aromatic carbocycles. The lowest BCUT2D eigenvalue weighted by molar-refractivity contribution is -0.126. The number of hydrogen-bond acceptors (Lipinski definition) is 5. The fourth-order valence-electron chi connectivity index (χ4n) is 3.70. The third-order valence-electron chi connectivity index (χ3n) is 5.59. The fourth-order valence-corrected chi connectivity index (χ4v) is 4.48. The summed E-state index contributed by atoms with van der Waals surface area (Å²) in [5.41, 5.74) is 3.04. The Balaban J connectivity index is 1.60. The first kappa shape index (κ1) is 25.3. The minimum absolute atomic E-state index is 0.0883. The Hall–Kier alpha value is -3.30. The summed E-state index contributed by atoms with van der Waals surface area (Å²) >= 11 is 0. The zero-order chi connectivity index (χ0) is 24.6. The van der Waals surface area contributed by atoms with Crippen molar-refractivity contribution in [1.82, 2.24) is 14.5 Å². The molecule has 34 heavy (non-hydrogen) atoms. The molecule has 3 rings (SSSR count). The molecule has 0 radical (unpaired) electrons. The first-order valence-corrected chi connectivity index (χ1v) is 13.0. The monoisotopic (exact) mass is 482 g/mol. The van der Waals surface area contributed by atoms with E-state index >= 15 is 0 Å². The Bertz CT molecular complexity index is 1150. The third-order valence-corrected chi connectivity index (χ3v) is 6.84. The predicted molar refractivity (Wildman–Crippen MR) is 134 cm³/mol. The van der Waals surface area contributed by atoms with Crippen molar-refractivity contribution in [2.24, 2.45) is 4.99 Å². The van der Waals surface area contributed by atoms with Crippen molar-refractivity contribution in [3.05, 3.63) is 78.6 Å². The second-order valence-corrected chi connectivity index (χ2v) is 10.1. The molecule has 1 saturated heterocycles. The first-order chi connectivity index (χ1) is 16.3. The molecule has 2 amide bonds. The van der Waals surface area contributed by atoms with Gasteiger partial charge in [0.2, 0.25) is 21.8 Å².